The van der Waals surface area contributed by atoms with Gasteiger partial charge >= 0.3 is 0 Å². The number of carbonyl (C=O) groups is 2. The quantitative estimate of drug-likeness (QED) is 0.826. The first kappa shape index (κ1) is 17.0. The summed E-state index contributed by atoms with van der Waals surface area (Å²) in [6.07, 6.45) is 8.65. The van der Waals surface area contributed by atoms with Crippen molar-refractivity contribution in [2.24, 2.45) is 0 Å². The first-order valence-corrected chi connectivity index (χ1v) is 8.94. The first-order chi connectivity index (χ1) is 11.6. The van der Waals surface area contributed by atoms with Crippen molar-refractivity contribution in [1.29, 1.82) is 0 Å². The van der Waals surface area contributed by atoms with Gasteiger partial charge in [0.15, 0.2) is 5.76 Å². The first-order valence-electron chi connectivity index (χ1n) is 8.94. The normalized spacial score (nSPS) is 23.7. The Labute approximate surface area is 142 Å². The summed E-state index contributed by atoms with van der Waals surface area (Å²) in [6.45, 7) is 0.826. The molecule has 2 fully saturated rings. The molecule has 2 aliphatic rings. The van der Waals surface area contributed by atoms with Gasteiger partial charge in [0.2, 0.25) is 5.91 Å². The molecule has 1 atom stereocenters. The highest BCUT2D eigenvalue weighted by atomic mass is 16.3. The number of nitrogens with zero attached hydrogens (tertiary/aromatic N) is 1. The number of hydrogen-bond acceptors (Lipinski definition) is 4. The van der Waals surface area contributed by atoms with Crippen LogP contribution in [0.5, 0.6) is 0 Å². The maximum absolute atomic E-state index is 12.6. The molecular weight excluding hydrogens is 308 g/mol. The van der Waals surface area contributed by atoms with Crippen molar-refractivity contribution in [2.75, 3.05) is 13.1 Å². The summed E-state index contributed by atoms with van der Waals surface area (Å²) in [4.78, 5) is 26.6. The molecule has 1 unspecified atom stereocenters. The second-order valence-electron chi connectivity index (χ2n) is 6.99. The van der Waals surface area contributed by atoms with Crippen LogP contribution in [0.25, 0.3) is 0 Å². The Balaban J connectivity index is 1.58. The number of hydrogen-bond donors (Lipinski definition) is 2. The molecule has 1 saturated carbocycles. The van der Waals surface area contributed by atoms with E-state index >= 15 is 0 Å². The number of rotatable bonds is 4. The fourth-order valence-electron chi connectivity index (χ4n) is 3.76. The minimum atomic E-state index is -0.805. The Morgan fingerprint density at radius 2 is 2.00 bits per heavy atom. The van der Waals surface area contributed by atoms with E-state index in [2.05, 4.69) is 5.32 Å². The van der Waals surface area contributed by atoms with E-state index in [4.69, 9.17) is 4.42 Å². The number of amides is 2. The van der Waals surface area contributed by atoms with Gasteiger partial charge in [-0.2, -0.15) is 0 Å². The van der Waals surface area contributed by atoms with Crippen molar-refractivity contribution in [2.45, 2.75) is 63.0 Å². The Morgan fingerprint density at radius 1 is 1.25 bits per heavy atom. The molecule has 0 spiro atoms. The molecular formula is C18H26N2O4. The van der Waals surface area contributed by atoms with Crippen LogP contribution < -0.4 is 5.32 Å². The van der Waals surface area contributed by atoms with Crippen LogP contribution in [0.4, 0.5) is 0 Å². The van der Waals surface area contributed by atoms with Crippen LogP contribution in [0.2, 0.25) is 0 Å². The molecule has 1 aliphatic heterocycles. The SMILES string of the molecule is O=C(NCC1(O)CCCCCC1)C1CCCN1C(=O)c1ccco1. The fraction of sp³-hybridized carbons (Fsp3) is 0.667. The summed E-state index contributed by atoms with van der Waals surface area (Å²) in [5, 5.41) is 13.5. The molecule has 1 saturated heterocycles. The predicted octanol–water partition coefficient (Wildman–Crippen LogP) is 2.09. The van der Waals surface area contributed by atoms with Gasteiger partial charge in [0.1, 0.15) is 6.04 Å². The number of carbonyl (C=O) groups excluding carboxylic acids is 2. The lowest BCUT2D eigenvalue weighted by atomic mass is 9.94. The largest absolute Gasteiger partial charge is 0.459 e. The molecule has 0 bridgehead atoms. The molecule has 1 aromatic rings. The van der Waals surface area contributed by atoms with Crippen molar-refractivity contribution >= 4 is 11.8 Å². The van der Waals surface area contributed by atoms with Gasteiger partial charge in [0, 0.05) is 13.1 Å². The molecule has 2 heterocycles. The highest BCUT2D eigenvalue weighted by Gasteiger charge is 2.37. The molecule has 2 amide bonds. The summed E-state index contributed by atoms with van der Waals surface area (Å²) in [7, 11) is 0. The molecule has 3 rings (SSSR count). The second-order valence-corrected chi connectivity index (χ2v) is 6.99. The average molecular weight is 334 g/mol. The minimum Gasteiger partial charge on any atom is -0.459 e. The summed E-state index contributed by atoms with van der Waals surface area (Å²) < 4.78 is 5.16. The monoisotopic (exact) mass is 334 g/mol. The topological polar surface area (TPSA) is 82.8 Å². The Kier molecular flexibility index (Phi) is 5.23. The van der Waals surface area contributed by atoms with Crippen molar-refractivity contribution in [3.8, 4) is 0 Å². The second kappa shape index (κ2) is 7.38. The Bertz CT molecular complexity index is 562. The smallest absolute Gasteiger partial charge is 0.290 e. The van der Waals surface area contributed by atoms with Crippen molar-refractivity contribution < 1.29 is 19.1 Å². The highest BCUT2D eigenvalue weighted by Crippen LogP contribution is 2.27. The number of nitrogens with one attached hydrogen (secondary N) is 1. The lowest BCUT2D eigenvalue weighted by Crippen LogP contribution is -2.50. The maximum Gasteiger partial charge on any atom is 0.290 e. The van der Waals surface area contributed by atoms with Crippen LogP contribution in [0.1, 0.15) is 61.9 Å². The van der Waals surface area contributed by atoms with Gasteiger partial charge in [-0.1, -0.05) is 25.7 Å². The van der Waals surface area contributed by atoms with E-state index in [0.717, 1.165) is 44.9 Å². The van der Waals surface area contributed by atoms with Crippen LogP contribution in [-0.2, 0) is 4.79 Å². The van der Waals surface area contributed by atoms with E-state index in [0.29, 0.717) is 13.0 Å². The highest BCUT2D eigenvalue weighted by molar-refractivity contribution is 5.95. The number of furan rings is 1. The predicted molar refractivity (Wildman–Crippen MR) is 88.4 cm³/mol. The summed E-state index contributed by atoms with van der Waals surface area (Å²) in [5.41, 5.74) is -0.805. The van der Waals surface area contributed by atoms with E-state index in [1.54, 1.807) is 17.0 Å². The van der Waals surface area contributed by atoms with E-state index in [1.165, 1.54) is 6.26 Å². The van der Waals surface area contributed by atoms with Crippen molar-refractivity contribution in [1.82, 2.24) is 10.2 Å². The standard InChI is InChI=1S/C18H26N2O4/c21-16(19-13-18(23)9-3-1-2-4-10-18)14-7-5-11-20(14)17(22)15-8-6-12-24-15/h6,8,12,14,23H,1-5,7,9-11,13H2,(H,19,21). The zero-order valence-corrected chi connectivity index (χ0v) is 14.0. The molecule has 6 nitrogen and oxygen atoms in total. The van der Waals surface area contributed by atoms with Gasteiger partial charge in [-0.05, 0) is 37.8 Å². The van der Waals surface area contributed by atoms with Crippen LogP contribution in [0.15, 0.2) is 22.8 Å². The minimum absolute atomic E-state index is 0.176. The van der Waals surface area contributed by atoms with Crippen LogP contribution in [0.3, 0.4) is 0 Å². The van der Waals surface area contributed by atoms with Crippen molar-refractivity contribution in [3.63, 3.8) is 0 Å². The molecule has 132 valence electrons. The molecule has 0 radical (unpaired) electrons. The maximum atomic E-state index is 12.6. The number of likely N-dealkylation sites (tertiary alicyclic amines) is 1. The van der Waals surface area contributed by atoms with Crippen LogP contribution in [-0.4, -0.2) is 46.6 Å². The van der Waals surface area contributed by atoms with Gasteiger partial charge < -0.3 is 19.7 Å². The van der Waals surface area contributed by atoms with Crippen LogP contribution in [0, 0.1) is 0 Å². The summed E-state index contributed by atoms with van der Waals surface area (Å²) >= 11 is 0. The molecule has 2 N–H and O–H groups in total. The lowest BCUT2D eigenvalue weighted by molar-refractivity contribution is -0.126. The molecule has 6 heteroatoms. The molecule has 24 heavy (non-hydrogen) atoms. The Hall–Kier alpha value is -1.82. The molecule has 1 aromatic heterocycles. The van der Waals surface area contributed by atoms with Gasteiger partial charge in [0.05, 0.1) is 11.9 Å². The summed E-state index contributed by atoms with van der Waals surface area (Å²) in [6, 6.07) is 2.81. The average Bonchev–Trinajstić information content (AvgIpc) is 3.23. The van der Waals surface area contributed by atoms with Gasteiger partial charge in [-0.15, -0.1) is 0 Å². The van der Waals surface area contributed by atoms with Crippen LogP contribution >= 0.6 is 0 Å². The summed E-state index contributed by atoms with van der Waals surface area (Å²) in [5.74, 6) is -0.159. The van der Waals surface area contributed by atoms with E-state index < -0.39 is 11.6 Å². The Morgan fingerprint density at radius 3 is 2.67 bits per heavy atom. The zero-order valence-electron chi connectivity index (χ0n) is 14.0. The van der Waals surface area contributed by atoms with E-state index in [-0.39, 0.29) is 24.1 Å². The zero-order chi connectivity index (χ0) is 17.0. The van der Waals surface area contributed by atoms with Gasteiger partial charge in [0.25, 0.3) is 5.91 Å². The van der Waals surface area contributed by atoms with E-state index in [1.807, 2.05) is 0 Å². The van der Waals surface area contributed by atoms with Gasteiger partial charge in [-0.25, -0.2) is 0 Å². The third-order valence-corrected chi connectivity index (χ3v) is 5.17. The van der Waals surface area contributed by atoms with E-state index in [9.17, 15) is 14.7 Å². The fourth-order valence-corrected chi connectivity index (χ4v) is 3.76. The van der Waals surface area contributed by atoms with Gasteiger partial charge in [-0.3, -0.25) is 9.59 Å². The lowest BCUT2D eigenvalue weighted by Gasteiger charge is -2.29. The molecule has 0 aromatic carbocycles. The number of aliphatic hydroxyl groups is 1. The third kappa shape index (κ3) is 3.80. The van der Waals surface area contributed by atoms with Crippen molar-refractivity contribution in [3.05, 3.63) is 24.2 Å². The third-order valence-electron chi connectivity index (χ3n) is 5.17. The molecule has 1 aliphatic carbocycles.